The molecule has 0 aromatic heterocycles. The molecule has 1 aromatic rings. The van der Waals surface area contributed by atoms with Gasteiger partial charge in [0.15, 0.2) is 6.61 Å². The lowest BCUT2D eigenvalue weighted by atomic mass is 10.2. The van der Waals surface area contributed by atoms with Gasteiger partial charge in [-0.15, -0.1) is 0 Å². The van der Waals surface area contributed by atoms with Crippen LogP contribution in [0.15, 0.2) is 23.1 Å². The van der Waals surface area contributed by atoms with E-state index in [0.717, 1.165) is 0 Å². The van der Waals surface area contributed by atoms with Crippen molar-refractivity contribution in [3.8, 4) is 0 Å². The number of anilines is 1. The number of carboxylic acids is 1. The lowest BCUT2D eigenvalue weighted by Crippen LogP contribution is -2.27. The highest BCUT2D eigenvalue weighted by molar-refractivity contribution is 7.89. The lowest BCUT2D eigenvalue weighted by Gasteiger charge is -2.10. The molecular weight excluding hydrogens is 288 g/mol. The van der Waals surface area contributed by atoms with Crippen molar-refractivity contribution in [3.05, 3.63) is 23.8 Å². The second kappa shape index (κ2) is 6.46. The van der Waals surface area contributed by atoms with Gasteiger partial charge < -0.3 is 10.4 Å². The van der Waals surface area contributed by atoms with Crippen LogP contribution in [-0.4, -0.2) is 32.0 Å². The molecule has 0 atom stereocenters. The largest absolute Gasteiger partial charge is 0.479 e. The topological polar surface area (TPSA) is 122 Å². The van der Waals surface area contributed by atoms with Crippen molar-refractivity contribution in [2.24, 2.45) is 0 Å². The number of aliphatic carboxylic acids is 1. The molecule has 0 spiro atoms. The van der Waals surface area contributed by atoms with Gasteiger partial charge in [-0.25, -0.2) is 13.2 Å². The number of carboxylic acid groups (broad SMARTS) is 1. The first-order chi connectivity index (χ1) is 9.22. The highest BCUT2D eigenvalue weighted by atomic mass is 32.2. The number of carbonyl (C=O) groups is 2. The number of amides is 1. The van der Waals surface area contributed by atoms with Gasteiger partial charge in [0.05, 0.1) is 4.90 Å². The van der Waals surface area contributed by atoms with E-state index in [1.165, 1.54) is 19.1 Å². The summed E-state index contributed by atoms with van der Waals surface area (Å²) in [6.07, 6.45) is 0. The first kappa shape index (κ1) is 16.1. The van der Waals surface area contributed by atoms with Gasteiger partial charge in [0.25, 0.3) is 10.0 Å². The van der Waals surface area contributed by atoms with Crippen LogP contribution in [0.4, 0.5) is 5.69 Å². The standard InChI is InChI=1S/C11H14N2O6S/c1-7-3-4-9(12-8(2)14)5-10(7)20(17,18)13-19-6-11(15)16/h3-5,13H,6H2,1-2H3,(H,12,14)(H,15,16). The summed E-state index contributed by atoms with van der Waals surface area (Å²) >= 11 is 0. The Balaban J connectivity index is 2.98. The van der Waals surface area contributed by atoms with E-state index >= 15 is 0 Å². The van der Waals surface area contributed by atoms with Gasteiger partial charge in [0.1, 0.15) is 0 Å². The maximum atomic E-state index is 11.9. The monoisotopic (exact) mass is 302 g/mol. The number of aryl methyl sites for hydroxylation is 1. The Hall–Kier alpha value is -1.97. The van der Waals surface area contributed by atoms with Crippen molar-refractivity contribution in [2.75, 3.05) is 11.9 Å². The van der Waals surface area contributed by atoms with Gasteiger partial charge in [0.2, 0.25) is 5.91 Å². The van der Waals surface area contributed by atoms with E-state index in [4.69, 9.17) is 5.11 Å². The van der Waals surface area contributed by atoms with Crippen LogP contribution in [0.3, 0.4) is 0 Å². The SMILES string of the molecule is CC(=O)Nc1ccc(C)c(S(=O)(=O)NOCC(=O)O)c1. The Bertz CT molecular complexity index is 626. The van der Waals surface area contributed by atoms with Crippen LogP contribution in [0, 0.1) is 6.92 Å². The first-order valence-corrected chi connectivity index (χ1v) is 6.94. The fraction of sp³-hybridized carbons (Fsp3) is 0.273. The number of rotatable bonds is 6. The van der Waals surface area contributed by atoms with E-state index < -0.39 is 22.6 Å². The summed E-state index contributed by atoms with van der Waals surface area (Å²) in [5.74, 6) is -1.65. The molecule has 1 amide bonds. The molecule has 110 valence electrons. The molecule has 0 heterocycles. The summed E-state index contributed by atoms with van der Waals surface area (Å²) in [6, 6.07) is 4.31. The molecule has 0 aliphatic heterocycles. The fourth-order valence-electron chi connectivity index (χ4n) is 1.38. The quantitative estimate of drug-likeness (QED) is 0.647. The summed E-state index contributed by atoms with van der Waals surface area (Å²) < 4.78 is 23.9. The van der Waals surface area contributed by atoms with Crippen molar-refractivity contribution in [1.29, 1.82) is 0 Å². The van der Waals surface area contributed by atoms with Crippen molar-refractivity contribution in [1.82, 2.24) is 4.89 Å². The van der Waals surface area contributed by atoms with E-state index in [-0.39, 0.29) is 10.8 Å². The normalized spacial score (nSPS) is 11.1. The van der Waals surface area contributed by atoms with E-state index in [2.05, 4.69) is 10.2 Å². The summed E-state index contributed by atoms with van der Waals surface area (Å²) in [5.41, 5.74) is 0.729. The maximum absolute atomic E-state index is 11.9. The predicted molar refractivity (Wildman–Crippen MR) is 69.4 cm³/mol. The zero-order valence-electron chi connectivity index (χ0n) is 10.8. The van der Waals surface area contributed by atoms with E-state index in [1.54, 1.807) is 17.9 Å². The third kappa shape index (κ3) is 4.61. The number of benzene rings is 1. The van der Waals surface area contributed by atoms with Crippen molar-refractivity contribution in [3.63, 3.8) is 0 Å². The van der Waals surface area contributed by atoms with Crippen LogP contribution in [0.2, 0.25) is 0 Å². The number of nitrogens with one attached hydrogen (secondary N) is 2. The van der Waals surface area contributed by atoms with Crippen molar-refractivity contribution >= 4 is 27.6 Å². The molecule has 0 radical (unpaired) electrons. The van der Waals surface area contributed by atoms with E-state index in [0.29, 0.717) is 11.3 Å². The van der Waals surface area contributed by atoms with Crippen molar-refractivity contribution < 1.29 is 28.0 Å². The van der Waals surface area contributed by atoms with Gasteiger partial charge in [-0.1, -0.05) is 11.0 Å². The van der Waals surface area contributed by atoms with Crippen molar-refractivity contribution in [2.45, 2.75) is 18.7 Å². The Morgan fingerprint density at radius 3 is 2.55 bits per heavy atom. The van der Waals surface area contributed by atoms with Crippen LogP contribution >= 0.6 is 0 Å². The number of carbonyl (C=O) groups excluding carboxylic acids is 1. The molecule has 0 aliphatic rings. The first-order valence-electron chi connectivity index (χ1n) is 5.46. The summed E-state index contributed by atoms with van der Waals surface area (Å²) in [7, 11) is -4.03. The molecule has 1 aromatic carbocycles. The molecule has 1 rings (SSSR count). The Morgan fingerprint density at radius 2 is 2.00 bits per heavy atom. The summed E-state index contributed by atoms with van der Waals surface area (Å²) in [5, 5.41) is 10.8. The van der Waals surface area contributed by atoms with E-state index in [1.807, 2.05) is 0 Å². The third-order valence-electron chi connectivity index (χ3n) is 2.16. The zero-order chi connectivity index (χ0) is 15.3. The van der Waals surface area contributed by atoms with Gasteiger partial charge in [-0.2, -0.15) is 0 Å². The second-order valence-corrected chi connectivity index (χ2v) is 5.54. The molecule has 0 fully saturated rings. The van der Waals surface area contributed by atoms with Crippen LogP contribution in [-0.2, 0) is 24.4 Å². The van der Waals surface area contributed by atoms with Crippen LogP contribution in [0.5, 0.6) is 0 Å². The molecule has 0 saturated heterocycles. The second-order valence-electron chi connectivity index (χ2n) is 3.93. The average molecular weight is 302 g/mol. The predicted octanol–water partition coefficient (Wildman–Crippen LogP) is 0.248. The molecule has 0 aliphatic carbocycles. The van der Waals surface area contributed by atoms with Gasteiger partial charge >= 0.3 is 5.97 Å². The van der Waals surface area contributed by atoms with Gasteiger partial charge in [0, 0.05) is 12.6 Å². The third-order valence-corrected chi connectivity index (χ3v) is 3.52. The molecule has 20 heavy (non-hydrogen) atoms. The Morgan fingerprint density at radius 1 is 1.35 bits per heavy atom. The number of sulfonamides is 1. The Labute approximate surface area is 115 Å². The number of hydrogen-bond donors (Lipinski definition) is 3. The molecule has 0 saturated carbocycles. The van der Waals surface area contributed by atoms with Gasteiger partial charge in [-0.05, 0) is 24.6 Å². The fourth-order valence-corrected chi connectivity index (χ4v) is 2.46. The van der Waals surface area contributed by atoms with Crippen LogP contribution in [0.1, 0.15) is 12.5 Å². The zero-order valence-corrected chi connectivity index (χ0v) is 11.7. The lowest BCUT2D eigenvalue weighted by molar-refractivity contribution is -0.143. The van der Waals surface area contributed by atoms with Gasteiger partial charge in [-0.3, -0.25) is 9.63 Å². The molecule has 0 unspecified atom stereocenters. The maximum Gasteiger partial charge on any atom is 0.331 e. The molecule has 9 heteroatoms. The number of hydrogen-bond acceptors (Lipinski definition) is 5. The summed E-state index contributed by atoms with van der Waals surface area (Å²) in [4.78, 5) is 27.2. The van der Waals surface area contributed by atoms with Crippen LogP contribution < -0.4 is 10.2 Å². The molecule has 3 N–H and O–H groups in total. The minimum absolute atomic E-state index is 0.117. The Kier molecular flexibility index (Phi) is 5.19. The highest BCUT2D eigenvalue weighted by Gasteiger charge is 2.18. The minimum Gasteiger partial charge on any atom is -0.479 e. The summed E-state index contributed by atoms with van der Waals surface area (Å²) in [6.45, 7) is 2.05. The highest BCUT2D eigenvalue weighted by Crippen LogP contribution is 2.20. The molecular formula is C11H14N2O6S. The molecule has 0 bridgehead atoms. The molecule has 8 nitrogen and oxygen atoms in total. The van der Waals surface area contributed by atoms with E-state index in [9.17, 15) is 18.0 Å². The smallest absolute Gasteiger partial charge is 0.331 e. The average Bonchev–Trinajstić information content (AvgIpc) is 2.30. The van der Waals surface area contributed by atoms with Crippen LogP contribution in [0.25, 0.3) is 0 Å². The minimum atomic E-state index is -4.03.